The molecule has 1 aliphatic carbocycles. The average Bonchev–Trinajstić information content (AvgIpc) is 3.06. The maximum absolute atomic E-state index is 11.8. The number of allylic oxidation sites excluding steroid dienone is 1. The normalized spacial score (nSPS) is 18.3. The third-order valence-electron chi connectivity index (χ3n) is 5.50. The summed E-state index contributed by atoms with van der Waals surface area (Å²) < 4.78 is 11.1. The first-order valence-corrected chi connectivity index (χ1v) is 10.6. The predicted molar refractivity (Wildman–Crippen MR) is 114 cm³/mol. The van der Waals surface area contributed by atoms with E-state index in [2.05, 4.69) is 6.92 Å². The number of carboxylic acids is 1. The Labute approximate surface area is 178 Å². The molecule has 6 nitrogen and oxygen atoms in total. The molecular weight excluding hydrogens is 384 g/mol. The molecule has 0 spiro atoms. The highest BCUT2D eigenvalue weighted by atomic mass is 16.5. The lowest BCUT2D eigenvalue weighted by molar-refractivity contribution is -0.133. The van der Waals surface area contributed by atoms with Crippen molar-refractivity contribution in [3.8, 4) is 11.5 Å². The maximum Gasteiger partial charge on any atom is 0.331 e. The van der Waals surface area contributed by atoms with Gasteiger partial charge in [0.1, 0.15) is 11.5 Å². The molecule has 1 aromatic carbocycles. The summed E-state index contributed by atoms with van der Waals surface area (Å²) in [6, 6.07) is 3.65. The lowest BCUT2D eigenvalue weighted by Crippen LogP contribution is -2.17. The molecule has 0 saturated carbocycles. The van der Waals surface area contributed by atoms with Gasteiger partial charge in [-0.1, -0.05) is 39.7 Å². The molecule has 0 aliphatic heterocycles. The molecule has 6 heteroatoms. The van der Waals surface area contributed by atoms with Crippen LogP contribution < -0.4 is 9.47 Å². The standard InChI is InChI=1S/C24H32O6/c1-6-7-8-9-17-10-21(29-15(4)25)23(22(11-17)30-16(5)26)20-13-18(24(27)28)12-19(20)14(2)3/h10-11,13-14,19-20H,6-9,12H2,1-5H3,(H,27,28)/t19?,20-/m1/s1. The number of rotatable bonds is 9. The van der Waals surface area contributed by atoms with E-state index in [0.717, 1.165) is 31.2 Å². The quantitative estimate of drug-likeness (QED) is 0.345. The lowest BCUT2D eigenvalue weighted by atomic mass is 9.80. The molecule has 1 aliphatic rings. The topological polar surface area (TPSA) is 89.9 Å². The van der Waals surface area contributed by atoms with E-state index in [9.17, 15) is 19.5 Å². The zero-order valence-electron chi connectivity index (χ0n) is 18.5. The van der Waals surface area contributed by atoms with Crippen LogP contribution in [0.15, 0.2) is 23.8 Å². The van der Waals surface area contributed by atoms with Crippen LogP contribution in [0.3, 0.4) is 0 Å². The summed E-state index contributed by atoms with van der Waals surface area (Å²) in [5.41, 5.74) is 1.81. The highest BCUT2D eigenvalue weighted by Crippen LogP contribution is 2.49. The number of carboxylic acid groups (broad SMARTS) is 1. The fourth-order valence-corrected chi connectivity index (χ4v) is 4.08. The smallest absolute Gasteiger partial charge is 0.331 e. The Kier molecular flexibility index (Phi) is 8.21. The molecule has 0 aromatic heterocycles. The number of carbonyl (C=O) groups is 3. The van der Waals surface area contributed by atoms with Gasteiger partial charge in [0.25, 0.3) is 0 Å². The van der Waals surface area contributed by atoms with Crippen molar-refractivity contribution in [3.05, 3.63) is 34.9 Å². The fourth-order valence-electron chi connectivity index (χ4n) is 4.08. The Morgan fingerprint density at radius 2 is 1.63 bits per heavy atom. The summed E-state index contributed by atoms with van der Waals surface area (Å²) in [5, 5.41) is 9.53. The van der Waals surface area contributed by atoms with E-state index in [0.29, 0.717) is 29.1 Å². The van der Waals surface area contributed by atoms with E-state index in [1.54, 1.807) is 6.08 Å². The highest BCUT2D eigenvalue weighted by Gasteiger charge is 2.37. The summed E-state index contributed by atoms with van der Waals surface area (Å²) in [5.74, 6) is -1.38. The van der Waals surface area contributed by atoms with E-state index >= 15 is 0 Å². The maximum atomic E-state index is 11.8. The van der Waals surface area contributed by atoms with Crippen LogP contribution in [-0.2, 0) is 20.8 Å². The zero-order chi connectivity index (χ0) is 22.4. The van der Waals surface area contributed by atoms with E-state index in [-0.39, 0.29) is 17.8 Å². The fraction of sp³-hybridized carbons (Fsp3) is 0.542. The van der Waals surface area contributed by atoms with Gasteiger partial charge in [0.2, 0.25) is 0 Å². The number of ether oxygens (including phenoxy) is 2. The van der Waals surface area contributed by atoms with Gasteiger partial charge >= 0.3 is 17.9 Å². The number of carbonyl (C=O) groups excluding carboxylic acids is 2. The van der Waals surface area contributed by atoms with E-state index in [1.165, 1.54) is 13.8 Å². The zero-order valence-corrected chi connectivity index (χ0v) is 18.5. The van der Waals surface area contributed by atoms with Crippen LogP contribution in [0.25, 0.3) is 0 Å². The third kappa shape index (κ3) is 5.94. The van der Waals surface area contributed by atoms with Crippen molar-refractivity contribution in [1.82, 2.24) is 0 Å². The number of hydrogen-bond acceptors (Lipinski definition) is 5. The molecule has 1 unspecified atom stereocenters. The van der Waals surface area contributed by atoms with Crippen LogP contribution in [0.2, 0.25) is 0 Å². The van der Waals surface area contributed by atoms with Gasteiger partial charge in [-0.05, 0) is 48.8 Å². The number of benzene rings is 1. The van der Waals surface area contributed by atoms with Crippen LogP contribution in [0.1, 0.15) is 77.3 Å². The summed E-state index contributed by atoms with van der Waals surface area (Å²) in [6.07, 6.45) is 6.00. The second-order valence-corrected chi connectivity index (χ2v) is 8.28. The Hall–Kier alpha value is -2.63. The van der Waals surface area contributed by atoms with Crippen LogP contribution >= 0.6 is 0 Å². The van der Waals surface area contributed by atoms with Crippen molar-refractivity contribution in [2.45, 2.75) is 72.6 Å². The minimum absolute atomic E-state index is 0.00865. The van der Waals surface area contributed by atoms with Crippen molar-refractivity contribution in [2.24, 2.45) is 11.8 Å². The van der Waals surface area contributed by atoms with Gasteiger partial charge in [-0.3, -0.25) is 9.59 Å². The highest BCUT2D eigenvalue weighted by molar-refractivity contribution is 5.88. The van der Waals surface area contributed by atoms with E-state index < -0.39 is 17.9 Å². The molecule has 0 bridgehead atoms. The first-order chi connectivity index (χ1) is 14.1. The number of aryl methyl sites for hydroxylation is 1. The molecule has 0 radical (unpaired) electrons. The first-order valence-electron chi connectivity index (χ1n) is 10.6. The summed E-state index contributed by atoms with van der Waals surface area (Å²) in [7, 11) is 0. The summed E-state index contributed by atoms with van der Waals surface area (Å²) in [6.45, 7) is 8.84. The van der Waals surface area contributed by atoms with Crippen LogP contribution in [0, 0.1) is 11.8 Å². The van der Waals surface area contributed by atoms with Crippen molar-refractivity contribution in [2.75, 3.05) is 0 Å². The molecule has 1 aromatic rings. The largest absolute Gasteiger partial charge is 0.478 e. The number of aliphatic carboxylic acids is 1. The average molecular weight is 417 g/mol. The summed E-state index contributed by atoms with van der Waals surface area (Å²) >= 11 is 0. The molecule has 0 saturated heterocycles. The van der Waals surface area contributed by atoms with Gasteiger partial charge in [-0.25, -0.2) is 4.79 Å². The Bertz CT molecular complexity index is 799. The predicted octanol–water partition coefficient (Wildman–Crippen LogP) is 5.04. The first kappa shape index (κ1) is 23.6. The Balaban J connectivity index is 2.64. The SMILES string of the molecule is CCCCCc1cc(OC(C)=O)c([C@@H]2C=C(C(=O)O)CC2C(C)C)c(OC(C)=O)c1. The van der Waals surface area contributed by atoms with E-state index in [1.807, 2.05) is 26.0 Å². The molecule has 0 amide bonds. The van der Waals surface area contributed by atoms with Gasteiger partial charge in [-0.2, -0.15) is 0 Å². The van der Waals surface area contributed by atoms with Gasteiger partial charge in [0.05, 0.1) is 0 Å². The van der Waals surface area contributed by atoms with Crippen LogP contribution in [0.4, 0.5) is 0 Å². The second-order valence-electron chi connectivity index (χ2n) is 8.28. The number of esters is 2. The van der Waals surface area contributed by atoms with Gasteiger partial charge in [-0.15, -0.1) is 0 Å². The molecule has 2 atom stereocenters. The van der Waals surface area contributed by atoms with Gasteiger partial charge < -0.3 is 14.6 Å². The van der Waals surface area contributed by atoms with Crippen molar-refractivity contribution < 1.29 is 29.0 Å². The van der Waals surface area contributed by atoms with Gasteiger partial charge in [0.15, 0.2) is 0 Å². The van der Waals surface area contributed by atoms with E-state index in [4.69, 9.17) is 9.47 Å². The minimum Gasteiger partial charge on any atom is -0.478 e. The van der Waals surface area contributed by atoms with Crippen molar-refractivity contribution in [1.29, 1.82) is 0 Å². The van der Waals surface area contributed by atoms with Crippen molar-refractivity contribution in [3.63, 3.8) is 0 Å². The Morgan fingerprint density at radius 1 is 1.07 bits per heavy atom. The number of unbranched alkanes of at least 4 members (excludes halogenated alkanes) is 2. The monoisotopic (exact) mass is 416 g/mol. The van der Waals surface area contributed by atoms with Gasteiger partial charge in [0, 0.05) is 30.9 Å². The minimum atomic E-state index is -0.956. The van der Waals surface area contributed by atoms with Crippen LogP contribution in [-0.4, -0.2) is 23.0 Å². The molecule has 1 N–H and O–H groups in total. The van der Waals surface area contributed by atoms with Crippen molar-refractivity contribution >= 4 is 17.9 Å². The van der Waals surface area contributed by atoms with Crippen LogP contribution in [0.5, 0.6) is 11.5 Å². The third-order valence-corrected chi connectivity index (χ3v) is 5.50. The molecule has 30 heavy (non-hydrogen) atoms. The summed E-state index contributed by atoms with van der Waals surface area (Å²) in [4.78, 5) is 35.3. The molecule has 0 heterocycles. The molecular formula is C24H32O6. The number of hydrogen-bond donors (Lipinski definition) is 1. The molecule has 164 valence electrons. The lowest BCUT2D eigenvalue weighted by Gasteiger charge is -2.27. The Morgan fingerprint density at radius 3 is 2.07 bits per heavy atom. The molecule has 0 fully saturated rings. The second kappa shape index (κ2) is 10.4. The molecule has 2 rings (SSSR count).